The predicted octanol–water partition coefficient (Wildman–Crippen LogP) is 1.46. The van der Waals surface area contributed by atoms with Gasteiger partial charge in [-0.15, -0.1) is 0 Å². The molecule has 1 aromatic rings. The van der Waals surface area contributed by atoms with Crippen molar-refractivity contribution in [1.29, 1.82) is 0 Å². The first-order valence-corrected chi connectivity index (χ1v) is 7.58. The Labute approximate surface area is 124 Å². The van der Waals surface area contributed by atoms with Crippen LogP contribution in [0, 0.1) is 11.3 Å². The monoisotopic (exact) mass is 287 g/mol. The Kier molecular flexibility index (Phi) is 3.66. The highest BCUT2D eigenvalue weighted by atomic mass is 16.2. The van der Waals surface area contributed by atoms with Crippen LogP contribution in [-0.2, 0) is 4.79 Å². The third kappa shape index (κ3) is 2.41. The number of pyridine rings is 1. The van der Waals surface area contributed by atoms with Gasteiger partial charge in [0.15, 0.2) is 0 Å². The molecule has 1 aromatic heterocycles. The second-order valence-electron chi connectivity index (χ2n) is 6.11. The molecule has 2 atom stereocenters. The molecule has 0 aromatic carbocycles. The summed E-state index contributed by atoms with van der Waals surface area (Å²) in [6.45, 7) is 1.41. The van der Waals surface area contributed by atoms with Crippen LogP contribution in [-0.4, -0.2) is 41.8 Å². The Morgan fingerprint density at radius 2 is 2.24 bits per heavy atom. The Balaban J connectivity index is 1.76. The van der Waals surface area contributed by atoms with Crippen LogP contribution in [0.3, 0.4) is 0 Å². The van der Waals surface area contributed by atoms with E-state index in [0.29, 0.717) is 12.2 Å². The lowest BCUT2D eigenvalue weighted by Crippen LogP contribution is -2.40. The normalized spacial score (nSPS) is 28.0. The number of hydrogen-bond donors (Lipinski definition) is 1. The molecule has 2 aliphatic rings. The van der Waals surface area contributed by atoms with Crippen molar-refractivity contribution in [3.63, 3.8) is 0 Å². The lowest BCUT2D eigenvalue weighted by atomic mass is 9.76. The van der Waals surface area contributed by atoms with Crippen LogP contribution >= 0.6 is 0 Å². The van der Waals surface area contributed by atoms with E-state index >= 15 is 0 Å². The number of carbonyl (C=O) groups excluding carboxylic acids is 2. The van der Waals surface area contributed by atoms with Gasteiger partial charge in [0.05, 0.1) is 0 Å². The van der Waals surface area contributed by atoms with Gasteiger partial charge in [0.1, 0.15) is 5.69 Å². The van der Waals surface area contributed by atoms with Crippen molar-refractivity contribution in [2.45, 2.75) is 25.7 Å². The van der Waals surface area contributed by atoms with Crippen LogP contribution < -0.4 is 5.32 Å². The minimum Gasteiger partial charge on any atom is -0.359 e. The smallest absolute Gasteiger partial charge is 0.272 e. The summed E-state index contributed by atoms with van der Waals surface area (Å²) in [6.07, 6.45) is 5.61. The summed E-state index contributed by atoms with van der Waals surface area (Å²) in [6, 6.07) is 5.38. The molecule has 1 N–H and O–H groups in total. The van der Waals surface area contributed by atoms with Gasteiger partial charge in [-0.1, -0.05) is 12.5 Å². The number of rotatable bonds is 2. The third-order valence-electron chi connectivity index (χ3n) is 5.03. The van der Waals surface area contributed by atoms with Crippen molar-refractivity contribution in [3.05, 3.63) is 30.1 Å². The third-order valence-corrected chi connectivity index (χ3v) is 5.03. The van der Waals surface area contributed by atoms with Crippen molar-refractivity contribution in [2.24, 2.45) is 11.3 Å². The maximum Gasteiger partial charge on any atom is 0.272 e. The maximum atomic E-state index is 12.5. The van der Waals surface area contributed by atoms with Crippen LogP contribution in [0.15, 0.2) is 24.4 Å². The van der Waals surface area contributed by atoms with E-state index in [9.17, 15) is 9.59 Å². The number of nitrogens with zero attached hydrogens (tertiary/aromatic N) is 2. The average molecular weight is 287 g/mol. The topological polar surface area (TPSA) is 62.3 Å². The van der Waals surface area contributed by atoms with E-state index in [1.54, 1.807) is 25.4 Å². The van der Waals surface area contributed by atoms with Gasteiger partial charge in [-0.2, -0.15) is 0 Å². The van der Waals surface area contributed by atoms with E-state index in [-0.39, 0.29) is 23.1 Å². The van der Waals surface area contributed by atoms with E-state index < -0.39 is 0 Å². The van der Waals surface area contributed by atoms with Gasteiger partial charge in [0.2, 0.25) is 5.91 Å². The lowest BCUT2D eigenvalue weighted by Gasteiger charge is -2.30. The van der Waals surface area contributed by atoms with Crippen LogP contribution in [0.1, 0.15) is 36.2 Å². The molecule has 21 heavy (non-hydrogen) atoms. The Hall–Kier alpha value is -1.91. The summed E-state index contributed by atoms with van der Waals surface area (Å²) in [7, 11) is 1.69. The first-order chi connectivity index (χ1) is 10.2. The number of carbonyl (C=O) groups is 2. The fourth-order valence-corrected chi connectivity index (χ4v) is 3.93. The van der Waals surface area contributed by atoms with Crippen LogP contribution in [0.5, 0.6) is 0 Å². The van der Waals surface area contributed by atoms with Gasteiger partial charge in [-0.25, -0.2) is 0 Å². The zero-order valence-corrected chi connectivity index (χ0v) is 12.3. The first kappa shape index (κ1) is 14.0. The predicted molar refractivity (Wildman–Crippen MR) is 78.6 cm³/mol. The zero-order chi connectivity index (χ0) is 14.9. The maximum absolute atomic E-state index is 12.5. The van der Waals surface area contributed by atoms with Gasteiger partial charge < -0.3 is 10.2 Å². The molecule has 5 heteroatoms. The second-order valence-corrected chi connectivity index (χ2v) is 6.11. The summed E-state index contributed by atoms with van der Waals surface area (Å²) in [4.78, 5) is 30.6. The minimum atomic E-state index is -0.0233. The Morgan fingerprint density at radius 1 is 1.38 bits per heavy atom. The molecule has 2 fully saturated rings. The molecule has 112 valence electrons. The standard InChI is InChI=1S/C16H21N3O2/c1-17-14(20)12-5-4-7-16(12)8-10-19(11-16)15(21)13-6-2-3-9-18-13/h2-3,6,9,12H,4-5,7-8,10-11H2,1H3,(H,17,20)/t12-,16+/m0/s1. The second kappa shape index (κ2) is 5.47. The van der Waals surface area contributed by atoms with E-state index in [0.717, 1.165) is 32.2 Å². The molecule has 0 bridgehead atoms. The van der Waals surface area contributed by atoms with Crippen LogP contribution in [0.4, 0.5) is 0 Å². The molecule has 1 aliphatic carbocycles. The van der Waals surface area contributed by atoms with Gasteiger partial charge in [0.25, 0.3) is 5.91 Å². The molecule has 0 unspecified atom stereocenters. The highest BCUT2D eigenvalue weighted by molar-refractivity contribution is 5.92. The lowest BCUT2D eigenvalue weighted by molar-refractivity contribution is -0.127. The van der Waals surface area contributed by atoms with Crippen molar-refractivity contribution in [3.8, 4) is 0 Å². The number of likely N-dealkylation sites (tertiary alicyclic amines) is 1. The Bertz CT molecular complexity index is 546. The zero-order valence-electron chi connectivity index (χ0n) is 12.3. The largest absolute Gasteiger partial charge is 0.359 e. The molecule has 0 radical (unpaired) electrons. The minimum absolute atomic E-state index is 0.0185. The van der Waals surface area contributed by atoms with Gasteiger partial charge in [-0.05, 0) is 31.4 Å². The average Bonchev–Trinajstić information content (AvgIpc) is 3.14. The van der Waals surface area contributed by atoms with Gasteiger partial charge in [-0.3, -0.25) is 14.6 Å². The molecule has 2 amide bonds. The van der Waals surface area contributed by atoms with Gasteiger partial charge >= 0.3 is 0 Å². The highest BCUT2D eigenvalue weighted by Gasteiger charge is 2.51. The highest BCUT2D eigenvalue weighted by Crippen LogP contribution is 2.49. The first-order valence-electron chi connectivity index (χ1n) is 7.58. The molecule has 5 nitrogen and oxygen atoms in total. The number of nitrogens with one attached hydrogen (secondary N) is 1. The van der Waals surface area contributed by atoms with Crippen molar-refractivity contribution in [1.82, 2.24) is 15.2 Å². The number of amides is 2. The van der Waals surface area contributed by atoms with Crippen LogP contribution in [0.25, 0.3) is 0 Å². The van der Waals surface area contributed by atoms with Crippen molar-refractivity contribution < 1.29 is 9.59 Å². The quantitative estimate of drug-likeness (QED) is 0.895. The molecule has 1 saturated carbocycles. The van der Waals surface area contributed by atoms with Gasteiger partial charge in [0, 0.05) is 37.7 Å². The van der Waals surface area contributed by atoms with Crippen LogP contribution in [0.2, 0.25) is 0 Å². The van der Waals surface area contributed by atoms with Crippen molar-refractivity contribution >= 4 is 11.8 Å². The fraction of sp³-hybridized carbons (Fsp3) is 0.562. The van der Waals surface area contributed by atoms with E-state index in [2.05, 4.69) is 10.3 Å². The summed E-state index contributed by atoms with van der Waals surface area (Å²) in [5.41, 5.74) is 0.467. The molecule has 1 saturated heterocycles. The molecule has 2 heterocycles. The summed E-state index contributed by atoms with van der Waals surface area (Å²) < 4.78 is 0. The SMILES string of the molecule is CNC(=O)[C@@H]1CCC[C@]12CCN(C(=O)c1ccccn1)C2. The summed E-state index contributed by atoms with van der Waals surface area (Å²) in [5.74, 6) is 0.152. The Morgan fingerprint density at radius 3 is 2.95 bits per heavy atom. The molecular weight excluding hydrogens is 266 g/mol. The molecular formula is C16H21N3O2. The van der Waals surface area contributed by atoms with Crippen molar-refractivity contribution in [2.75, 3.05) is 20.1 Å². The number of hydrogen-bond acceptors (Lipinski definition) is 3. The molecule has 3 rings (SSSR count). The van der Waals surface area contributed by atoms with E-state index in [1.165, 1.54) is 0 Å². The summed E-state index contributed by atoms with van der Waals surface area (Å²) >= 11 is 0. The fourth-order valence-electron chi connectivity index (χ4n) is 3.93. The molecule has 1 spiro atoms. The summed E-state index contributed by atoms with van der Waals surface area (Å²) in [5, 5.41) is 2.78. The number of aromatic nitrogens is 1. The molecule has 1 aliphatic heterocycles. The van der Waals surface area contributed by atoms with E-state index in [4.69, 9.17) is 0 Å². The van der Waals surface area contributed by atoms with E-state index in [1.807, 2.05) is 11.0 Å².